The summed E-state index contributed by atoms with van der Waals surface area (Å²) in [6.45, 7) is 0. The standard InChI is InChI=1S/C3H5.Cu/c1-2-3-1;/h1H,2-3H2;/q-1;+1. The molecule has 28 valence electrons. The van der Waals surface area contributed by atoms with Crippen LogP contribution in [0.15, 0.2) is 0 Å². The molecule has 0 heterocycles. The van der Waals surface area contributed by atoms with Gasteiger partial charge < -0.3 is 6.42 Å². The maximum atomic E-state index is 2.25. The van der Waals surface area contributed by atoms with Gasteiger partial charge in [0.2, 0.25) is 0 Å². The Morgan fingerprint density at radius 1 is 1.25 bits per heavy atom. The van der Waals surface area contributed by atoms with Crippen LogP contribution < -0.4 is 0 Å². The molecule has 0 radical (unpaired) electrons. The Morgan fingerprint density at radius 2 is 1.50 bits per heavy atom. The van der Waals surface area contributed by atoms with Gasteiger partial charge in [-0.1, -0.05) is 0 Å². The van der Waals surface area contributed by atoms with E-state index in [4.69, 9.17) is 0 Å². The fraction of sp³-hybridized carbons (Fsp3) is 0.667. The molecule has 1 heteroatoms. The van der Waals surface area contributed by atoms with Crippen LogP contribution in [-0.2, 0) is 17.1 Å². The van der Waals surface area contributed by atoms with E-state index in [1.807, 2.05) is 0 Å². The maximum Gasteiger partial charge on any atom is 1.00 e. The zero-order valence-electron chi connectivity index (χ0n) is 2.29. The molecule has 0 aliphatic heterocycles. The second-order valence-corrected chi connectivity index (χ2v) is 0.866. The fourth-order valence-electron chi connectivity index (χ4n) is 0. The fourth-order valence-corrected chi connectivity index (χ4v) is 0. The molecule has 1 rings (SSSR count). The van der Waals surface area contributed by atoms with Crippen molar-refractivity contribution in [1.82, 2.24) is 0 Å². The van der Waals surface area contributed by atoms with E-state index < -0.39 is 0 Å². The summed E-state index contributed by atoms with van der Waals surface area (Å²) < 4.78 is 0. The SMILES string of the molecule is [CH-]1CC1.[Cu+]. The Kier molecular flexibility index (Phi) is 2.04. The van der Waals surface area contributed by atoms with Crippen LogP contribution >= 0.6 is 0 Å². The molecule has 0 aromatic carbocycles. The largest absolute Gasteiger partial charge is 1.00 e. The third-order valence-corrected chi connectivity index (χ3v) is 0.289. The van der Waals surface area contributed by atoms with E-state index in [0.717, 1.165) is 0 Å². The Morgan fingerprint density at radius 3 is 1.50 bits per heavy atom. The van der Waals surface area contributed by atoms with Crippen LogP contribution in [0.25, 0.3) is 0 Å². The first-order valence-corrected chi connectivity index (χ1v) is 1.32. The van der Waals surface area contributed by atoms with Gasteiger partial charge in [0, 0.05) is 0 Å². The van der Waals surface area contributed by atoms with Gasteiger partial charge >= 0.3 is 17.1 Å². The van der Waals surface area contributed by atoms with Crippen molar-refractivity contribution in [3.8, 4) is 0 Å². The van der Waals surface area contributed by atoms with Crippen LogP contribution in [-0.4, -0.2) is 0 Å². The van der Waals surface area contributed by atoms with E-state index in [2.05, 4.69) is 6.42 Å². The zero-order valence-corrected chi connectivity index (χ0v) is 3.23. The molecular formula is C3H5Cu. The van der Waals surface area contributed by atoms with Crippen LogP contribution in [0.5, 0.6) is 0 Å². The molecule has 0 aromatic heterocycles. The molecule has 1 saturated carbocycles. The monoisotopic (exact) mass is 104 g/mol. The average Bonchev–Trinajstić information content (AvgIpc) is 1.46. The number of hydrogen-bond donors (Lipinski definition) is 0. The van der Waals surface area contributed by atoms with Gasteiger partial charge in [-0.25, -0.2) is 12.8 Å². The van der Waals surface area contributed by atoms with Gasteiger partial charge in [0.1, 0.15) is 0 Å². The number of rotatable bonds is 0. The van der Waals surface area contributed by atoms with Gasteiger partial charge in [-0.05, 0) is 0 Å². The van der Waals surface area contributed by atoms with Crippen molar-refractivity contribution in [2.75, 3.05) is 0 Å². The van der Waals surface area contributed by atoms with Crippen LogP contribution in [0.2, 0.25) is 0 Å². The van der Waals surface area contributed by atoms with Gasteiger partial charge in [-0.3, -0.25) is 0 Å². The van der Waals surface area contributed by atoms with Crippen molar-refractivity contribution >= 4 is 0 Å². The van der Waals surface area contributed by atoms with Gasteiger partial charge in [0.25, 0.3) is 0 Å². The molecular weight excluding hydrogens is 99.6 g/mol. The summed E-state index contributed by atoms with van der Waals surface area (Å²) >= 11 is 0. The van der Waals surface area contributed by atoms with Crippen LogP contribution in [0.1, 0.15) is 12.8 Å². The zero-order chi connectivity index (χ0) is 2.12. The summed E-state index contributed by atoms with van der Waals surface area (Å²) in [5.74, 6) is 0. The van der Waals surface area contributed by atoms with Gasteiger partial charge in [0.15, 0.2) is 0 Å². The van der Waals surface area contributed by atoms with Crippen molar-refractivity contribution in [1.29, 1.82) is 0 Å². The van der Waals surface area contributed by atoms with E-state index in [0.29, 0.717) is 0 Å². The van der Waals surface area contributed by atoms with E-state index in [1.165, 1.54) is 12.8 Å². The third kappa shape index (κ3) is 2.52. The summed E-state index contributed by atoms with van der Waals surface area (Å²) in [6, 6.07) is 0. The Hall–Kier alpha value is 0.519. The first-order valence-electron chi connectivity index (χ1n) is 1.32. The molecule has 0 bridgehead atoms. The van der Waals surface area contributed by atoms with E-state index >= 15 is 0 Å². The second kappa shape index (κ2) is 1.80. The minimum atomic E-state index is 0. The topological polar surface area (TPSA) is 0 Å². The molecule has 0 N–H and O–H groups in total. The smallest absolute Gasteiger partial charge is 0.333 e. The molecule has 0 saturated heterocycles. The summed E-state index contributed by atoms with van der Waals surface area (Å²) in [4.78, 5) is 0. The van der Waals surface area contributed by atoms with E-state index in [9.17, 15) is 0 Å². The van der Waals surface area contributed by atoms with E-state index in [-0.39, 0.29) is 17.1 Å². The summed E-state index contributed by atoms with van der Waals surface area (Å²) in [6.07, 6.45) is 5.00. The predicted molar refractivity (Wildman–Crippen MR) is 13.5 cm³/mol. The Bertz CT molecular complexity index is 8.00. The molecule has 4 heavy (non-hydrogen) atoms. The minimum absolute atomic E-state index is 0. The van der Waals surface area contributed by atoms with Gasteiger partial charge in [0.05, 0.1) is 0 Å². The molecule has 0 nitrogen and oxygen atoms in total. The minimum Gasteiger partial charge on any atom is -0.333 e. The maximum absolute atomic E-state index is 2.25. The molecule has 1 aliphatic carbocycles. The third-order valence-electron chi connectivity index (χ3n) is 0.289. The van der Waals surface area contributed by atoms with Crippen molar-refractivity contribution in [2.45, 2.75) is 12.8 Å². The van der Waals surface area contributed by atoms with E-state index in [1.54, 1.807) is 0 Å². The molecule has 1 fully saturated rings. The Labute approximate surface area is 37.1 Å². The summed E-state index contributed by atoms with van der Waals surface area (Å²) in [7, 11) is 0. The second-order valence-electron chi connectivity index (χ2n) is 0.866. The molecule has 1 aliphatic rings. The first-order chi connectivity index (χ1) is 1.50. The normalized spacial score (nSPS) is 18.0. The van der Waals surface area contributed by atoms with Crippen molar-refractivity contribution in [2.24, 2.45) is 0 Å². The van der Waals surface area contributed by atoms with Crippen LogP contribution in [0, 0.1) is 6.42 Å². The van der Waals surface area contributed by atoms with Gasteiger partial charge in [-0.2, -0.15) is 0 Å². The van der Waals surface area contributed by atoms with Gasteiger partial charge in [-0.15, -0.1) is 0 Å². The van der Waals surface area contributed by atoms with Crippen molar-refractivity contribution in [3.05, 3.63) is 6.42 Å². The molecule has 0 spiro atoms. The average molecular weight is 105 g/mol. The van der Waals surface area contributed by atoms with Crippen molar-refractivity contribution < 1.29 is 17.1 Å². The molecule has 0 aromatic rings. The Balaban J connectivity index is 0.0000000900. The first kappa shape index (κ1) is 4.52. The van der Waals surface area contributed by atoms with Crippen LogP contribution in [0.3, 0.4) is 0 Å². The molecule has 0 amide bonds. The molecule has 0 unspecified atom stereocenters. The molecule has 0 atom stereocenters. The van der Waals surface area contributed by atoms with Crippen molar-refractivity contribution in [3.63, 3.8) is 0 Å². The predicted octanol–water partition coefficient (Wildman–Crippen LogP) is 0.982. The summed E-state index contributed by atoms with van der Waals surface area (Å²) in [5.41, 5.74) is 0. The number of hydrogen-bond acceptors (Lipinski definition) is 0. The summed E-state index contributed by atoms with van der Waals surface area (Å²) in [5, 5.41) is 0. The van der Waals surface area contributed by atoms with Crippen LogP contribution in [0.4, 0.5) is 0 Å². The quantitative estimate of drug-likeness (QED) is 0.318.